The molecule has 0 radical (unpaired) electrons. The zero-order chi connectivity index (χ0) is 22.2. The Morgan fingerprint density at radius 3 is 2.75 bits per heavy atom. The Morgan fingerprint density at radius 1 is 1.03 bits per heavy atom. The summed E-state index contributed by atoms with van der Waals surface area (Å²) in [5.41, 5.74) is 5.15. The number of aromatic nitrogens is 3. The highest BCUT2D eigenvalue weighted by molar-refractivity contribution is 7.80. The zero-order valence-corrected chi connectivity index (χ0v) is 18.3. The molecule has 32 heavy (non-hydrogen) atoms. The van der Waals surface area contributed by atoms with Crippen molar-refractivity contribution in [2.75, 3.05) is 5.32 Å². The molecule has 8 nitrogen and oxygen atoms in total. The molecule has 0 aliphatic rings. The summed E-state index contributed by atoms with van der Waals surface area (Å²) in [6.45, 7) is 1.97. The summed E-state index contributed by atoms with van der Waals surface area (Å²) in [6.07, 6.45) is 0. The van der Waals surface area contributed by atoms with E-state index in [1.807, 2.05) is 25.1 Å². The van der Waals surface area contributed by atoms with Crippen LogP contribution in [0.15, 0.2) is 59.0 Å². The van der Waals surface area contributed by atoms with Gasteiger partial charge < -0.3 is 14.8 Å². The smallest absolute Gasteiger partial charge is 0.257 e. The van der Waals surface area contributed by atoms with E-state index in [0.717, 1.165) is 22.8 Å². The molecule has 0 aliphatic heterocycles. The molecule has 0 bridgehead atoms. The number of aryl methyl sites for hydroxylation is 1. The van der Waals surface area contributed by atoms with Crippen molar-refractivity contribution in [1.29, 1.82) is 0 Å². The Balaban J connectivity index is 1.34. The number of carbonyl (C=O) groups excluding carboxylic acids is 1. The molecular formula is C22H15N5O3S2. The lowest BCUT2D eigenvalue weighted by Crippen LogP contribution is -2.34. The zero-order valence-electron chi connectivity index (χ0n) is 16.6. The number of thiocarbonyl (C=S) groups is 1. The first kappa shape index (κ1) is 20.0. The van der Waals surface area contributed by atoms with Crippen molar-refractivity contribution < 1.29 is 14.3 Å². The monoisotopic (exact) mass is 461 g/mol. The van der Waals surface area contributed by atoms with Gasteiger partial charge in [0.05, 0.1) is 17.3 Å². The van der Waals surface area contributed by atoms with E-state index in [0.29, 0.717) is 33.4 Å². The Morgan fingerprint density at radius 2 is 1.88 bits per heavy atom. The third-order valence-corrected chi connectivity index (χ3v) is 5.53. The molecule has 0 fully saturated rings. The Bertz CT molecular complexity index is 1510. The first-order valence-corrected chi connectivity index (χ1v) is 10.7. The fourth-order valence-electron chi connectivity index (χ4n) is 3.20. The van der Waals surface area contributed by atoms with Gasteiger partial charge in [0.1, 0.15) is 22.3 Å². The minimum Gasteiger partial charge on any atom is -0.507 e. The van der Waals surface area contributed by atoms with Gasteiger partial charge in [0.25, 0.3) is 5.91 Å². The van der Waals surface area contributed by atoms with Crippen LogP contribution in [0.25, 0.3) is 33.6 Å². The Hall–Kier alpha value is -3.89. The summed E-state index contributed by atoms with van der Waals surface area (Å²) < 4.78 is 14.1. The maximum Gasteiger partial charge on any atom is 0.257 e. The van der Waals surface area contributed by atoms with Crippen molar-refractivity contribution in [3.05, 3.63) is 65.7 Å². The number of hydrogen-bond donors (Lipinski definition) is 3. The molecule has 5 aromatic rings. The molecule has 158 valence electrons. The maximum absolute atomic E-state index is 12.5. The summed E-state index contributed by atoms with van der Waals surface area (Å²) in [6, 6.07) is 15.5. The van der Waals surface area contributed by atoms with Gasteiger partial charge in [-0.05, 0) is 73.2 Å². The number of hydrogen-bond acceptors (Lipinski definition) is 8. The van der Waals surface area contributed by atoms with Crippen LogP contribution in [0.4, 0.5) is 5.69 Å². The lowest BCUT2D eigenvalue weighted by molar-refractivity contribution is 0.0978. The minimum absolute atomic E-state index is 0.0129. The second-order valence-electron chi connectivity index (χ2n) is 7.10. The van der Waals surface area contributed by atoms with Crippen molar-refractivity contribution >= 4 is 62.8 Å². The fourth-order valence-corrected chi connectivity index (χ4v) is 3.93. The number of nitrogens with one attached hydrogen (secondary N) is 2. The molecule has 0 saturated carbocycles. The number of anilines is 1. The average molecular weight is 462 g/mol. The predicted octanol–water partition coefficient (Wildman–Crippen LogP) is 4.64. The van der Waals surface area contributed by atoms with E-state index in [1.54, 1.807) is 30.3 Å². The highest BCUT2D eigenvalue weighted by Gasteiger charge is 2.15. The fraction of sp³-hybridized carbons (Fsp3) is 0.0455. The average Bonchev–Trinajstić information content (AvgIpc) is 3.40. The van der Waals surface area contributed by atoms with E-state index >= 15 is 0 Å². The molecule has 10 heteroatoms. The van der Waals surface area contributed by atoms with Gasteiger partial charge in [-0.15, -0.1) is 0 Å². The normalized spacial score (nSPS) is 11.0. The van der Waals surface area contributed by atoms with E-state index in [2.05, 4.69) is 24.4 Å². The molecular weight excluding hydrogens is 446 g/mol. The van der Waals surface area contributed by atoms with Crippen molar-refractivity contribution in [2.45, 2.75) is 6.92 Å². The Kier molecular flexibility index (Phi) is 5.00. The number of carbonyl (C=O) groups is 1. The van der Waals surface area contributed by atoms with E-state index in [-0.39, 0.29) is 22.7 Å². The molecule has 2 aromatic heterocycles. The van der Waals surface area contributed by atoms with Crippen LogP contribution in [0.3, 0.4) is 0 Å². The molecule has 0 saturated heterocycles. The molecule has 2 heterocycles. The molecule has 5 rings (SSSR count). The standard InChI is InChI=1S/C22H15N5O3S2/c1-11-2-7-19-17(8-11)24-21(30-19)14-10-13(4-6-18(14)28)23-22(31)25-20(29)12-3-5-15-16(9-12)27-32-26-15/h2-10,28H,1H3,(H2,23,25,29,31). The number of aromatic hydroxyl groups is 1. The third kappa shape index (κ3) is 3.88. The van der Waals surface area contributed by atoms with Crippen molar-refractivity contribution in [1.82, 2.24) is 19.0 Å². The highest BCUT2D eigenvalue weighted by Crippen LogP contribution is 2.33. The van der Waals surface area contributed by atoms with Gasteiger partial charge in [-0.1, -0.05) is 6.07 Å². The maximum atomic E-state index is 12.5. The van der Waals surface area contributed by atoms with Crippen molar-refractivity contribution in [3.63, 3.8) is 0 Å². The first-order valence-electron chi connectivity index (χ1n) is 9.51. The summed E-state index contributed by atoms with van der Waals surface area (Å²) >= 11 is 6.37. The lowest BCUT2D eigenvalue weighted by atomic mass is 10.1. The second kappa shape index (κ2) is 7.98. The highest BCUT2D eigenvalue weighted by atomic mass is 32.1. The van der Waals surface area contributed by atoms with Gasteiger partial charge in [0.2, 0.25) is 5.89 Å². The van der Waals surface area contributed by atoms with Crippen molar-refractivity contribution in [3.8, 4) is 17.2 Å². The number of rotatable bonds is 3. The van der Waals surface area contributed by atoms with E-state index in [1.165, 1.54) is 6.07 Å². The molecule has 0 spiro atoms. The second-order valence-corrected chi connectivity index (χ2v) is 8.03. The summed E-state index contributed by atoms with van der Waals surface area (Å²) in [4.78, 5) is 17.0. The SMILES string of the molecule is Cc1ccc2oc(-c3cc(NC(=S)NC(=O)c4ccc5nsnc5c4)ccc3O)nc2c1. The van der Waals surface area contributed by atoms with Crippen LogP contribution in [-0.4, -0.2) is 29.9 Å². The van der Waals surface area contributed by atoms with E-state index < -0.39 is 0 Å². The first-order chi connectivity index (χ1) is 15.5. The molecule has 3 N–H and O–H groups in total. The van der Waals surface area contributed by atoms with Crippen molar-refractivity contribution in [2.24, 2.45) is 0 Å². The molecule has 3 aromatic carbocycles. The van der Waals surface area contributed by atoms with Crippen LogP contribution in [0.1, 0.15) is 15.9 Å². The third-order valence-electron chi connectivity index (χ3n) is 4.77. The van der Waals surface area contributed by atoms with Gasteiger partial charge >= 0.3 is 0 Å². The number of fused-ring (bicyclic) bond motifs is 2. The van der Waals surface area contributed by atoms with Gasteiger partial charge in [0, 0.05) is 11.3 Å². The van der Waals surface area contributed by atoms with Gasteiger partial charge in [-0.25, -0.2) is 4.98 Å². The van der Waals surface area contributed by atoms with Crippen LogP contribution < -0.4 is 10.6 Å². The molecule has 1 amide bonds. The number of amides is 1. The van der Waals surface area contributed by atoms with Crippen LogP contribution in [0.5, 0.6) is 5.75 Å². The topological polar surface area (TPSA) is 113 Å². The number of oxazole rings is 1. The number of phenolic OH excluding ortho intramolecular Hbond substituents is 1. The van der Waals surface area contributed by atoms with Gasteiger partial charge in [-0.2, -0.15) is 8.75 Å². The summed E-state index contributed by atoms with van der Waals surface area (Å²) in [5.74, 6) is -0.0726. The van der Waals surface area contributed by atoms with Crippen LogP contribution in [-0.2, 0) is 0 Å². The number of nitrogens with zero attached hydrogens (tertiary/aromatic N) is 3. The summed E-state index contributed by atoms with van der Waals surface area (Å²) in [5, 5.41) is 16.0. The van der Waals surface area contributed by atoms with E-state index in [9.17, 15) is 9.90 Å². The Labute approximate surface area is 191 Å². The van der Waals surface area contributed by atoms with Gasteiger partial charge in [0.15, 0.2) is 10.7 Å². The molecule has 0 atom stereocenters. The number of phenols is 1. The minimum atomic E-state index is -0.370. The largest absolute Gasteiger partial charge is 0.507 e. The predicted molar refractivity (Wildman–Crippen MR) is 127 cm³/mol. The van der Waals surface area contributed by atoms with Crippen LogP contribution in [0.2, 0.25) is 0 Å². The number of benzene rings is 3. The van der Waals surface area contributed by atoms with Crippen LogP contribution in [0, 0.1) is 6.92 Å². The quantitative estimate of drug-likeness (QED) is 0.263. The molecule has 0 aliphatic carbocycles. The lowest BCUT2D eigenvalue weighted by Gasteiger charge is -2.11. The van der Waals surface area contributed by atoms with E-state index in [4.69, 9.17) is 16.6 Å². The molecule has 0 unspecified atom stereocenters. The summed E-state index contributed by atoms with van der Waals surface area (Å²) in [7, 11) is 0. The van der Waals surface area contributed by atoms with Gasteiger partial charge in [-0.3, -0.25) is 10.1 Å². The van der Waals surface area contributed by atoms with Crippen LogP contribution >= 0.6 is 23.9 Å².